The van der Waals surface area contributed by atoms with E-state index in [2.05, 4.69) is 4.98 Å². The van der Waals surface area contributed by atoms with Gasteiger partial charge in [0.15, 0.2) is 0 Å². The first kappa shape index (κ1) is 23.1. The second kappa shape index (κ2) is 9.06. The minimum atomic E-state index is -0.507. The Morgan fingerprint density at radius 2 is 1.88 bits per heavy atom. The van der Waals surface area contributed by atoms with E-state index in [4.69, 9.17) is 21.1 Å². The number of aryl methyl sites for hydroxylation is 1. The van der Waals surface area contributed by atoms with Crippen molar-refractivity contribution in [2.24, 2.45) is 7.05 Å². The molecule has 2 aromatic heterocycles. The normalized spacial score (nSPS) is 15.0. The van der Waals surface area contributed by atoms with Crippen molar-refractivity contribution in [3.63, 3.8) is 0 Å². The number of pyridine rings is 2. The summed E-state index contributed by atoms with van der Waals surface area (Å²) < 4.78 is 13.2. The zero-order valence-corrected chi connectivity index (χ0v) is 20.1. The van der Waals surface area contributed by atoms with E-state index in [1.165, 1.54) is 0 Å². The van der Waals surface area contributed by atoms with Gasteiger partial charge in [0.25, 0.3) is 5.56 Å². The Morgan fingerprint density at radius 1 is 1.15 bits per heavy atom. The predicted molar refractivity (Wildman–Crippen MR) is 129 cm³/mol. The van der Waals surface area contributed by atoms with Gasteiger partial charge >= 0.3 is 6.09 Å². The molecule has 174 valence electrons. The van der Waals surface area contributed by atoms with E-state index in [0.717, 1.165) is 16.5 Å². The summed E-state index contributed by atoms with van der Waals surface area (Å²) in [7, 11) is 1.72. The van der Waals surface area contributed by atoms with Crippen LogP contribution in [0.2, 0.25) is 5.02 Å². The van der Waals surface area contributed by atoms with E-state index >= 15 is 0 Å². The van der Waals surface area contributed by atoms with Crippen LogP contribution in [0.3, 0.4) is 0 Å². The van der Waals surface area contributed by atoms with Crippen LogP contribution in [-0.4, -0.2) is 45.3 Å². The standard InChI is InChI=1S/C25H28ClN3O4/c1-25(2,3)33-24(31)29-11-8-17(9-12-29)32-22-6-5-16(13-21(22)26)20-15-28(4)23(30)19-14-27-10-7-18(19)20/h5-7,10,13-15,17H,8-9,11-12H2,1-4H3. The van der Waals surface area contributed by atoms with Crippen LogP contribution in [0.4, 0.5) is 4.79 Å². The number of hydrogen-bond donors (Lipinski definition) is 0. The lowest BCUT2D eigenvalue weighted by Gasteiger charge is -2.33. The number of rotatable bonds is 3. The molecule has 0 spiro atoms. The molecule has 1 fully saturated rings. The lowest BCUT2D eigenvalue weighted by molar-refractivity contribution is 0.0126. The average Bonchev–Trinajstić information content (AvgIpc) is 2.77. The van der Waals surface area contributed by atoms with Crippen LogP contribution < -0.4 is 10.3 Å². The Balaban J connectivity index is 1.48. The zero-order valence-electron chi connectivity index (χ0n) is 19.3. The quantitative estimate of drug-likeness (QED) is 0.537. The molecule has 7 nitrogen and oxygen atoms in total. The second-order valence-corrected chi connectivity index (χ2v) is 9.72. The number of carbonyl (C=O) groups is 1. The SMILES string of the molecule is Cn1cc(-c2ccc(OC3CCN(C(=O)OC(C)(C)C)CC3)c(Cl)c2)c2ccncc2c1=O. The van der Waals surface area contributed by atoms with Gasteiger partial charge in [-0.15, -0.1) is 0 Å². The van der Waals surface area contributed by atoms with Crippen molar-refractivity contribution < 1.29 is 14.3 Å². The van der Waals surface area contributed by atoms with Gasteiger partial charge < -0.3 is 18.9 Å². The molecule has 0 N–H and O–H groups in total. The van der Waals surface area contributed by atoms with E-state index in [1.54, 1.807) is 28.9 Å². The number of benzene rings is 1. The second-order valence-electron chi connectivity index (χ2n) is 9.31. The monoisotopic (exact) mass is 469 g/mol. The first-order chi connectivity index (χ1) is 15.6. The van der Waals surface area contributed by atoms with Crippen molar-refractivity contribution in [2.75, 3.05) is 13.1 Å². The Bertz CT molecular complexity index is 1240. The molecule has 0 atom stereocenters. The number of fused-ring (bicyclic) bond motifs is 1. The lowest BCUT2D eigenvalue weighted by atomic mass is 10.0. The zero-order chi connectivity index (χ0) is 23.8. The molecule has 3 aromatic rings. The third-order valence-corrected chi connectivity index (χ3v) is 5.91. The summed E-state index contributed by atoms with van der Waals surface area (Å²) in [4.78, 5) is 30.5. The van der Waals surface area contributed by atoms with Crippen LogP contribution in [0, 0.1) is 0 Å². The molecule has 1 aromatic carbocycles. The summed E-state index contributed by atoms with van der Waals surface area (Å²) in [6.45, 7) is 6.74. The van der Waals surface area contributed by atoms with Gasteiger partial charge in [0.2, 0.25) is 0 Å². The van der Waals surface area contributed by atoms with Gasteiger partial charge in [-0.2, -0.15) is 0 Å². The molecule has 0 aliphatic carbocycles. The molecule has 0 bridgehead atoms. The molecule has 0 unspecified atom stereocenters. The molecular formula is C25H28ClN3O4. The number of nitrogens with zero attached hydrogens (tertiary/aromatic N) is 3. The number of aromatic nitrogens is 2. The van der Waals surface area contributed by atoms with Crippen molar-refractivity contribution in [2.45, 2.75) is 45.3 Å². The fourth-order valence-electron chi connectivity index (χ4n) is 3.97. The number of amides is 1. The van der Waals surface area contributed by atoms with Crippen molar-refractivity contribution in [3.8, 4) is 16.9 Å². The van der Waals surface area contributed by atoms with E-state index in [-0.39, 0.29) is 17.8 Å². The average molecular weight is 470 g/mol. The molecule has 1 saturated heterocycles. The van der Waals surface area contributed by atoms with Crippen molar-refractivity contribution in [3.05, 3.63) is 58.2 Å². The Morgan fingerprint density at radius 3 is 2.55 bits per heavy atom. The van der Waals surface area contributed by atoms with Gasteiger partial charge in [-0.25, -0.2) is 4.79 Å². The first-order valence-corrected chi connectivity index (χ1v) is 11.4. The highest BCUT2D eigenvalue weighted by atomic mass is 35.5. The molecular weight excluding hydrogens is 442 g/mol. The summed E-state index contributed by atoms with van der Waals surface area (Å²) in [5.74, 6) is 0.604. The van der Waals surface area contributed by atoms with E-state index in [0.29, 0.717) is 42.1 Å². The molecule has 1 amide bonds. The number of hydrogen-bond acceptors (Lipinski definition) is 5. The molecule has 3 heterocycles. The number of piperidine rings is 1. The summed E-state index contributed by atoms with van der Waals surface area (Å²) in [6, 6.07) is 7.49. The van der Waals surface area contributed by atoms with Crippen LogP contribution in [0.25, 0.3) is 21.9 Å². The van der Waals surface area contributed by atoms with E-state index in [1.807, 2.05) is 51.2 Å². The van der Waals surface area contributed by atoms with Crippen LogP contribution >= 0.6 is 11.6 Å². The molecule has 4 rings (SSSR count). The summed E-state index contributed by atoms with van der Waals surface area (Å²) >= 11 is 6.58. The summed E-state index contributed by atoms with van der Waals surface area (Å²) in [5, 5.41) is 1.89. The smallest absolute Gasteiger partial charge is 0.410 e. The Labute approximate surface area is 197 Å². The maximum Gasteiger partial charge on any atom is 0.410 e. The minimum Gasteiger partial charge on any atom is -0.489 e. The summed E-state index contributed by atoms with van der Waals surface area (Å²) in [5.41, 5.74) is 1.19. The maximum atomic E-state index is 12.4. The number of halogens is 1. The number of likely N-dealkylation sites (tertiary alicyclic amines) is 1. The Kier molecular flexibility index (Phi) is 6.34. The largest absolute Gasteiger partial charge is 0.489 e. The molecule has 8 heteroatoms. The minimum absolute atomic E-state index is 0.0310. The summed E-state index contributed by atoms with van der Waals surface area (Å²) in [6.07, 6.45) is 6.16. The first-order valence-electron chi connectivity index (χ1n) is 11.0. The lowest BCUT2D eigenvalue weighted by Crippen LogP contribution is -2.44. The maximum absolute atomic E-state index is 12.4. The Hall–Kier alpha value is -3.06. The van der Waals surface area contributed by atoms with Crippen LogP contribution in [0.1, 0.15) is 33.6 Å². The van der Waals surface area contributed by atoms with Crippen LogP contribution in [0.5, 0.6) is 5.75 Å². The van der Waals surface area contributed by atoms with Gasteiger partial charge in [-0.3, -0.25) is 9.78 Å². The molecule has 0 saturated carbocycles. The van der Waals surface area contributed by atoms with Gasteiger partial charge in [0.05, 0.1) is 10.4 Å². The highest BCUT2D eigenvalue weighted by Crippen LogP contribution is 2.34. The molecule has 33 heavy (non-hydrogen) atoms. The van der Waals surface area contributed by atoms with Crippen molar-refractivity contribution in [1.29, 1.82) is 0 Å². The van der Waals surface area contributed by atoms with E-state index in [9.17, 15) is 9.59 Å². The van der Waals surface area contributed by atoms with Gasteiger partial charge in [0.1, 0.15) is 17.5 Å². The van der Waals surface area contributed by atoms with E-state index < -0.39 is 5.60 Å². The predicted octanol–water partition coefficient (Wildman–Crippen LogP) is 5.03. The van der Waals surface area contributed by atoms with Crippen LogP contribution in [-0.2, 0) is 11.8 Å². The highest BCUT2D eigenvalue weighted by molar-refractivity contribution is 6.32. The number of ether oxygens (including phenoxy) is 2. The molecule has 1 aliphatic rings. The third-order valence-electron chi connectivity index (χ3n) is 5.61. The topological polar surface area (TPSA) is 73.7 Å². The van der Waals surface area contributed by atoms with Gasteiger partial charge in [0, 0.05) is 57.1 Å². The fourth-order valence-corrected chi connectivity index (χ4v) is 4.19. The molecule has 0 radical (unpaired) electrons. The molecule has 1 aliphatic heterocycles. The third kappa shape index (κ3) is 5.14. The van der Waals surface area contributed by atoms with Crippen LogP contribution in [0.15, 0.2) is 47.7 Å². The number of carbonyl (C=O) groups excluding carboxylic acids is 1. The van der Waals surface area contributed by atoms with Crippen molar-refractivity contribution in [1.82, 2.24) is 14.5 Å². The highest BCUT2D eigenvalue weighted by Gasteiger charge is 2.28. The van der Waals surface area contributed by atoms with Crippen molar-refractivity contribution >= 4 is 28.5 Å². The van der Waals surface area contributed by atoms with Gasteiger partial charge in [-0.05, 0) is 49.9 Å². The van der Waals surface area contributed by atoms with Gasteiger partial charge in [-0.1, -0.05) is 17.7 Å². The fraction of sp³-hybridized carbons (Fsp3) is 0.400.